The Kier molecular flexibility index (Phi) is 10.4. The molecule has 2 rings (SSSR count). The van der Waals surface area contributed by atoms with Crippen molar-refractivity contribution >= 4 is 64.0 Å². The summed E-state index contributed by atoms with van der Waals surface area (Å²) in [5.74, 6) is -8.30. The predicted octanol–water partition coefficient (Wildman–Crippen LogP) is 8.19. The van der Waals surface area contributed by atoms with Crippen molar-refractivity contribution < 1.29 is 35.9 Å². The topological polar surface area (TPSA) is 49.4 Å². The molecule has 1 N–H and O–H groups in total. The SMILES string of the molecule is CC(NC(=O)c1ccc(/C(F)=C/C(c2cc(Cl)c(Cl)c(Cl)c2)C(C)(F)F)cc1Cl)C(=O)N(C)CC(F)(F)F. The number of alkyl halides is 5. The Labute approximate surface area is 234 Å². The molecular weight excluding hydrogens is 604 g/mol. The second-order valence-electron chi connectivity index (χ2n) is 8.45. The lowest BCUT2D eigenvalue weighted by Gasteiger charge is -2.23. The maximum atomic E-state index is 15.1. The van der Waals surface area contributed by atoms with Gasteiger partial charge < -0.3 is 10.2 Å². The van der Waals surface area contributed by atoms with Gasteiger partial charge >= 0.3 is 6.18 Å². The maximum absolute atomic E-state index is 15.1. The molecule has 0 bridgehead atoms. The van der Waals surface area contributed by atoms with Crippen LogP contribution in [0, 0.1) is 0 Å². The van der Waals surface area contributed by atoms with Crippen LogP contribution in [0.3, 0.4) is 0 Å². The average Bonchev–Trinajstić information content (AvgIpc) is 2.77. The van der Waals surface area contributed by atoms with Crippen molar-refractivity contribution in [2.75, 3.05) is 13.6 Å². The fraction of sp³-hybridized carbons (Fsp3) is 0.333. The second kappa shape index (κ2) is 12.4. The van der Waals surface area contributed by atoms with Gasteiger partial charge in [-0.3, -0.25) is 9.59 Å². The smallest absolute Gasteiger partial charge is 0.340 e. The molecule has 38 heavy (non-hydrogen) atoms. The van der Waals surface area contributed by atoms with Crippen LogP contribution in [-0.4, -0.2) is 48.4 Å². The minimum absolute atomic E-state index is 0.0524. The molecule has 0 spiro atoms. The van der Waals surface area contributed by atoms with E-state index in [0.29, 0.717) is 17.9 Å². The fourth-order valence-corrected chi connectivity index (χ4v) is 4.27. The molecule has 0 saturated heterocycles. The zero-order valence-electron chi connectivity index (χ0n) is 19.9. The van der Waals surface area contributed by atoms with Gasteiger partial charge in [0.15, 0.2) is 0 Å². The lowest BCUT2D eigenvalue weighted by atomic mass is 9.92. The Morgan fingerprint density at radius 3 is 2.03 bits per heavy atom. The van der Waals surface area contributed by atoms with Crippen molar-refractivity contribution in [2.45, 2.75) is 37.9 Å². The van der Waals surface area contributed by atoms with E-state index in [1.165, 1.54) is 6.92 Å². The highest BCUT2D eigenvalue weighted by Gasteiger charge is 2.36. The summed E-state index contributed by atoms with van der Waals surface area (Å²) in [6, 6.07) is 4.09. The van der Waals surface area contributed by atoms with E-state index in [9.17, 15) is 31.5 Å². The first-order valence-electron chi connectivity index (χ1n) is 10.6. The fourth-order valence-electron chi connectivity index (χ4n) is 3.39. The van der Waals surface area contributed by atoms with Crippen molar-refractivity contribution in [2.24, 2.45) is 0 Å². The summed E-state index contributed by atoms with van der Waals surface area (Å²) in [6.07, 6.45) is -3.99. The highest BCUT2D eigenvalue weighted by atomic mass is 35.5. The van der Waals surface area contributed by atoms with Crippen LogP contribution in [0.25, 0.3) is 5.83 Å². The molecule has 0 aromatic heterocycles. The van der Waals surface area contributed by atoms with E-state index in [-0.39, 0.29) is 36.8 Å². The van der Waals surface area contributed by atoms with Gasteiger partial charge in [-0.15, -0.1) is 0 Å². The highest BCUT2D eigenvalue weighted by molar-refractivity contribution is 6.48. The molecule has 2 unspecified atom stereocenters. The second-order valence-corrected chi connectivity index (χ2v) is 10.0. The number of allylic oxidation sites excluding steroid dienone is 1. The monoisotopic (exact) mass is 622 g/mol. The maximum Gasteiger partial charge on any atom is 0.406 e. The van der Waals surface area contributed by atoms with Crippen molar-refractivity contribution in [3.8, 4) is 0 Å². The molecule has 0 heterocycles. The Bertz CT molecular complexity index is 1220. The Hall–Kier alpha value is -2.14. The number of carbonyl (C=O) groups excluding carboxylic acids is 2. The van der Waals surface area contributed by atoms with Crippen LogP contribution in [0.2, 0.25) is 20.1 Å². The Morgan fingerprint density at radius 1 is 1.00 bits per heavy atom. The first-order chi connectivity index (χ1) is 17.3. The molecular formula is C24H20Cl4F6N2O2. The average molecular weight is 624 g/mol. The summed E-state index contributed by atoms with van der Waals surface area (Å²) in [5.41, 5.74) is -0.584. The third-order valence-electron chi connectivity index (χ3n) is 5.22. The van der Waals surface area contributed by atoms with Crippen molar-refractivity contribution in [3.05, 3.63) is 73.2 Å². The molecule has 2 amide bonds. The van der Waals surface area contributed by atoms with Gasteiger partial charge in [0.25, 0.3) is 11.8 Å². The third-order valence-corrected chi connectivity index (χ3v) is 6.73. The zero-order chi connectivity index (χ0) is 29.2. The number of nitrogens with zero attached hydrogens (tertiary/aromatic N) is 1. The third kappa shape index (κ3) is 8.43. The number of rotatable bonds is 8. The van der Waals surface area contributed by atoms with Gasteiger partial charge in [-0.1, -0.05) is 52.5 Å². The first-order valence-corrected chi connectivity index (χ1v) is 12.1. The number of carbonyl (C=O) groups is 2. The molecule has 208 valence electrons. The van der Waals surface area contributed by atoms with Gasteiger partial charge in [0.1, 0.15) is 18.4 Å². The molecule has 2 aromatic carbocycles. The number of hydrogen-bond acceptors (Lipinski definition) is 2. The van der Waals surface area contributed by atoms with Gasteiger partial charge in [-0.05, 0) is 42.8 Å². The molecule has 0 aliphatic rings. The van der Waals surface area contributed by atoms with Crippen LogP contribution in [0.1, 0.15) is 41.3 Å². The zero-order valence-corrected chi connectivity index (χ0v) is 22.9. The number of likely N-dealkylation sites (N-methyl/N-ethyl adjacent to an activating group) is 1. The minimum atomic E-state index is -4.63. The van der Waals surface area contributed by atoms with E-state index in [4.69, 9.17) is 46.4 Å². The van der Waals surface area contributed by atoms with Crippen molar-refractivity contribution in [3.63, 3.8) is 0 Å². The van der Waals surface area contributed by atoms with Crippen molar-refractivity contribution in [1.82, 2.24) is 10.2 Å². The molecule has 2 atom stereocenters. The normalized spacial score (nSPS) is 14.2. The quantitative estimate of drug-likeness (QED) is 0.238. The number of hydrogen-bond donors (Lipinski definition) is 1. The Balaban J connectivity index is 2.29. The van der Waals surface area contributed by atoms with Gasteiger partial charge in [0.05, 0.1) is 31.6 Å². The van der Waals surface area contributed by atoms with E-state index in [1.54, 1.807) is 0 Å². The van der Waals surface area contributed by atoms with Gasteiger partial charge in [-0.2, -0.15) is 13.2 Å². The summed E-state index contributed by atoms with van der Waals surface area (Å²) < 4.78 is 81.4. The van der Waals surface area contributed by atoms with E-state index in [0.717, 1.165) is 37.4 Å². The number of amides is 2. The summed E-state index contributed by atoms with van der Waals surface area (Å²) in [4.78, 5) is 25.0. The highest BCUT2D eigenvalue weighted by Crippen LogP contribution is 2.41. The Morgan fingerprint density at radius 2 is 1.55 bits per heavy atom. The molecule has 0 aliphatic carbocycles. The largest absolute Gasteiger partial charge is 0.406 e. The van der Waals surface area contributed by atoms with Crippen LogP contribution in [0.4, 0.5) is 26.3 Å². The lowest BCUT2D eigenvalue weighted by molar-refractivity contribution is -0.159. The molecule has 0 fully saturated rings. The molecule has 4 nitrogen and oxygen atoms in total. The van der Waals surface area contributed by atoms with Crippen LogP contribution >= 0.6 is 46.4 Å². The van der Waals surface area contributed by atoms with Crippen molar-refractivity contribution in [1.29, 1.82) is 0 Å². The molecule has 2 aromatic rings. The number of benzene rings is 2. The van der Waals surface area contributed by atoms with Crippen LogP contribution < -0.4 is 5.32 Å². The summed E-state index contributed by atoms with van der Waals surface area (Å²) >= 11 is 23.8. The first kappa shape index (κ1) is 32.1. The van der Waals surface area contributed by atoms with E-state index in [1.807, 2.05) is 0 Å². The minimum Gasteiger partial charge on any atom is -0.340 e. The lowest BCUT2D eigenvalue weighted by Crippen LogP contribution is -2.48. The molecule has 14 heteroatoms. The molecule has 0 aliphatic heterocycles. The van der Waals surface area contributed by atoms with Gasteiger partial charge in [0, 0.05) is 19.5 Å². The molecule has 0 radical (unpaired) electrons. The molecule has 0 saturated carbocycles. The van der Waals surface area contributed by atoms with E-state index >= 15 is 4.39 Å². The van der Waals surface area contributed by atoms with Gasteiger partial charge in [-0.25, -0.2) is 13.2 Å². The summed E-state index contributed by atoms with van der Waals surface area (Å²) in [5, 5.41) is 1.65. The van der Waals surface area contributed by atoms with Crippen LogP contribution in [0.5, 0.6) is 0 Å². The van der Waals surface area contributed by atoms with Gasteiger partial charge in [0.2, 0.25) is 5.91 Å². The summed E-state index contributed by atoms with van der Waals surface area (Å²) in [6.45, 7) is 0.240. The standard InChI is InChI=1S/C24H20Cl4F6N2O2/c1-11(22(38)36(3)10-24(32,33)34)35-21(37)14-5-4-12(6-16(14)25)19(29)9-15(23(2,30)31)13-7-17(26)20(28)18(27)8-13/h4-9,11,15H,10H2,1-3H3,(H,35,37)/b19-9-. The van der Waals surface area contributed by atoms with Crippen LogP contribution in [0.15, 0.2) is 36.4 Å². The van der Waals surface area contributed by atoms with E-state index < -0.39 is 48.2 Å². The van der Waals surface area contributed by atoms with Crippen LogP contribution in [-0.2, 0) is 4.79 Å². The predicted molar refractivity (Wildman–Crippen MR) is 136 cm³/mol. The number of nitrogens with one attached hydrogen (secondary N) is 1. The summed E-state index contributed by atoms with van der Waals surface area (Å²) in [7, 11) is 0.925. The van der Waals surface area contributed by atoms with E-state index in [2.05, 4.69) is 5.32 Å². The number of halogens is 10.